The molecule has 3 atom stereocenters. The zero-order valence-electron chi connectivity index (χ0n) is 17.9. The third-order valence-electron chi connectivity index (χ3n) is 7.11. The highest BCUT2D eigenvalue weighted by atomic mass is 16.8. The van der Waals surface area contributed by atoms with Crippen LogP contribution in [0.2, 0.25) is 0 Å². The lowest BCUT2D eigenvalue weighted by atomic mass is 9.59. The van der Waals surface area contributed by atoms with Crippen molar-refractivity contribution in [2.75, 3.05) is 13.7 Å². The molecular weight excluding hydrogens is 378 g/mol. The Hall–Kier alpha value is -2.50. The summed E-state index contributed by atoms with van der Waals surface area (Å²) in [5.74, 6) is -0.989. The van der Waals surface area contributed by atoms with Crippen LogP contribution in [0.4, 0.5) is 0 Å². The lowest BCUT2D eigenvalue weighted by molar-refractivity contribution is -0.175. The molecule has 5 rings (SSSR count). The van der Waals surface area contributed by atoms with Gasteiger partial charge in [0.2, 0.25) is 0 Å². The van der Waals surface area contributed by atoms with Crippen molar-refractivity contribution in [3.05, 3.63) is 59.9 Å². The Balaban J connectivity index is 1.60. The van der Waals surface area contributed by atoms with E-state index >= 15 is 0 Å². The van der Waals surface area contributed by atoms with E-state index in [1.54, 1.807) is 0 Å². The molecule has 1 aliphatic heterocycles. The fourth-order valence-electron chi connectivity index (χ4n) is 5.70. The molecular formula is C25H27NO4. The van der Waals surface area contributed by atoms with Crippen LogP contribution in [-0.4, -0.2) is 36.1 Å². The Morgan fingerprint density at radius 2 is 2.00 bits per heavy atom. The number of allylic oxidation sites excluding steroid dienone is 3. The first-order valence-corrected chi connectivity index (χ1v) is 10.5. The highest BCUT2D eigenvalue weighted by molar-refractivity contribution is 5.92. The molecule has 1 spiro atoms. The Kier molecular flexibility index (Phi) is 4.21. The molecule has 0 unspecified atom stereocenters. The van der Waals surface area contributed by atoms with Gasteiger partial charge in [0.25, 0.3) is 0 Å². The van der Waals surface area contributed by atoms with Crippen molar-refractivity contribution in [3.8, 4) is 0 Å². The molecule has 0 bridgehead atoms. The van der Waals surface area contributed by atoms with Gasteiger partial charge in [0.1, 0.15) is 5.60 Å². The van der Waals surface area contributed by atoms with Gasteiger partial charge in [0.15, 0.2) is 5.79 Å². The van der Waals surface area contributed by atoms with E-state index in [-0.39, 0.29) is 17.3 Å². The van der Waals surface area contributed by atoms with E-state index in [1.807, 2.05) is 38.4 Å². The fraction of sp³-hybridized carbons (Fsp3) is 0.440. The highest BCUT2D eigenvalue weighted by Crippen LogP contribution is 2.62. The molecule has 3 aliphatic rings. The van der Waals surface area contributed by atoms with Crippen LogP contribution in [0.5, 0.6) is 0 Å². The third kappa shape index (κ3) is 2.69. The van der Waals surface area contributed by atoms with E-state index < -0.39 is 11.4 Å². The maximum absolute atomic E-state index is 12.7. The van der Waals surface area contributed by atoms with Crippen LogP contribution in [0.15, 0.2) is 54.4 Å². The SMILES string of the molecule is COC(=O)C1=CC[C@]2(C)C(c3ccc4ccncc4c3)=CC[C@H]2[C@@]12COC(C)(C)O2. The van der Waals surface area contributed by atoms with E-state index in [1.165, 1.54) is 23.6 Å². The minimum Gasteiger partial charge on any atom is -0.466 e. The number of ether oxygens (including phenoxy) is 3. The summed E-state index contributed by atoms with van der Waals surface area (Å²) in [5, 5.41) is 2.30. The van der Waals surface area contributed by atoms with E-state index in [2.05, 4.69) is 36.2 Å². The Morgan fingerprint density at radius 1 is 1.17 bits per heavy atom. The highest BCUT2D eigenvalue weighted by Gasteiger charge is 2.63. The summed E-state index contributed by atoms with van der Waals surface area (Å²) < 4.78 is 17.6. The van der Waals surface area contributed by atoms with Crippen LogP contribution < -0.4 is 0 Å². The molecule has 1 aromatic heterocycles. The maximum atomic E-state index is 12.7. The summed E-state index contributed by atoms with van der Waals surface area (Å²) >= 11 is 0. The largest absolute Gasteiger partial charge is 0.466 e. The number of carbonyl (C=O) groups excluding carboxylic acids is 1. The van der Waals surface area contributed by atoms with E-state index in [0.717, 1.165) is 18.2 Å². The Labute approximate surface area is 176 Å². The van der Waals surface area contributed by atoms with Gasteiger partial charge in [-0.3, -0.25) is 4.98 Å². The molecule has 156 valence electrons. The first-order chi connectivity index (χ1) is 14.3. The molecule has 5 heteroatoms. The Bertz CT molecular complexity index is 1100. The standard InChI is InChI=1S/C25H27NO4/c1-23(2)29-15-25(30-23)20(22(27)28-4)9-11-24(3)19(7-8-21(24)25)17-6-5-16-10-12-26-14-18(16)13-17/h5-7,9-10,12-14,21H,8,11,15H2,1-4H3/t21-,24-,25-/m1/s1. The van der Waals surface area contributed by atoms with Crippen molar-refractivity contribution >= 4 is 22.3 Å². The summed E-state index contributed by atoms with van der Waals surface area (Å²) in [5.41, 5.74) is 2.11. The van der Waals surface area contributed by atoms with E-state index in [0.29, 0.717) is 12.2 Å². The third-order valence-corrected chi connectivity index (χ3v) is 7.11. The number of aromatic nitrogens is 1. The van der Waals surface area contributed by atoms with Gasteiger partial charge in [-0.15, -0.1) is 0 Å². The minimum absolute atomic E-state index is 0.0884. The van der Waals surface area contributed by atoms with Crippen LogP contribution in [0, 0.1) is 11.3 Å². The number of methoxy groups -OCH3 is 1. The second-order valence-corrected chi connectivity index (χ2v) is 9.25. The van der Waals surface area contributed by atoms with Crippen molar-refractivity contribution < 1.29 is 19.0 Å². The average molecular weight is 405 g/mol. The molecule has 1 saturated heterocycles. The van der Waals surface area contributed by atoms with Crippen LogP contribution in [0.1, 0.15) is 39.2 Å². The van der Waals surface area contributed by atoms with Crippen LogP contribution >= 0.6 is 0 Å². The molecule has 5 nitrogen and oxygen atoms in total. The predicted octanol–water partition coefficient (Wildman–Crippen LogP) is 4.67. The number of esters is 1. The van der Waals surface area contributed by atoms with Crippen LogP contribution in [-0.2, 0) is 19.0 Å². The number of carbonyl (C=O) groups is 1. The van der Waals surface area contributed by atoms with Crippen molar-refractivity contribution in [2.24, 2.45) is 11.3 Å². The predicted molar refractivity (Wildman–Crippen MR) is 114 cm³/mol. The zero-order valence-corrected chi connectivity index (χ0v) is 17.9. The quantitative estimate of drug-likeness (QED) is 0.680. The first kappa shape index (κ1) is 19.5. The summed E-state index contributed by atoms with van der Waals surface area (Å²) in [6, 6.07) is 8.57. The maximum Gasteiger partial charge on any atom is 0.336 e. The molecule has 1 aromatic carbocycles. The number of hydrogen-bond donors (Lipinski definition) is 0. The normalized spacial score (nSPS) is 32.1. The molecule has 0 amide bonds. The molecule has 2 heterocycles. The first-order valence-electron chi connectivity index (χ1n) is 10.5. The van der Waals surface area contributed by atoms with Crippen molar-refractivity contribution in [1.82, 2.24) is 4.98 Å². The molecule has 30 heavy (non-hydrogen) atoms. The van der Waals surface area contributed by atoms with E-state index in [4.69, 9.17) is 14.2 Å². The van der Waals surface area contributed by atoms with Gasteiger partial charge < -0.3 is 14.2 Å². The summed E-state index contributed by atoms with van der Waals surface area (Å²) in [7, 11) is 1.42. The van der Waals surface area contributed by atoms with Crippen LogP contribution in [0.25, 0.3) is 16.3 Å². The topological polar surface area (TPSA) is 57.7 Å². The summed E-state index contributed by atoms with van der Waals surface area (Å²) in [6.45, 7) is 6.44. The second kappa shape index (κ2) is 6.50. The molecule has 2 aliphatic carbocycles. The fourth-order valence-corrected chi connectivity index (χ4v) is 5.70. The number of benzene rings is 1. The van der Waals surface area contributed by atoms with Gasteiger partial charge in [-0.1, -0.05) is 31.2 Å². The number of fused-ring (bicyclic) bond motifs is 3. The van der Waals surface area contributed by atoms with Crippen LogP contribution in [0.3, 0.4) is 0 Å². The van der Waals surface area contributed by atoms with Gasteiger partial charge in [0, 0.05) is 29.1 Å². The lowest BCUT2D eigenvalue weighted by Gasteiger charge is -2.48. The zero-order chi connectivity index (χ0) is 21.1. The molecule has 2 aromatic rings. The molecule has 1 fully saturated rings. The second-order valence-electron chi connectivity index (χ2n) is 9.25. The van der Waals surface area contributed by atoms with Crippen molar-refractivity contribution in [1.29, 1.82) is 0 Å². The lowest BCUT2D eigenvalue weighted by Crippen LogP contribution is -2.53. The van der Waals surface area contributed by atoms with Crippen molar-refractivity contribution in [2.45, 2.75) is 45.0 Å². The molecule has 0 radical (unpaired) electrons. The molecule has 0 saturated carbocycles. The number of pyridine rings is 1. The monoisotopic (exact) mass is 405 g/mol. The minimum atomic E-state index is -0.805. The molecule has 0 N–H and O–H groups in total. The number of hydrogen-bond acceptors (Lipinski definition) is 5. The number of rotatable bonds is 2. The van der Waals surface area contributed by atoms with Crippen molar-refractivity contribution in [3.63, 3.8) is 0 Å². The average Bonchev–Trinajstić information content (AvgIpc) is 3.25. The van der Waals surface area contributed by atoms with Gasteiger partial charge in [-0.2, -0.15) is 0 Å². The summed E-state index contributed by atoms with van der Waals surface area (Å²) in [6.07, 6.45) is 9.62. The summed E-state index contributed by atoms with van der Waals surface area (Å²) in [4.78, 5) is 17.0. The van der Waals surface area contributed by atoms with Gasteiger partial charge in [-0.25, -0.2) is 4.79 Å². The van der Waals surface area contributed by atoms with Gasteiger partial charge in [-0.05, 0) is 55.3 Å². The Morgan fingerprint density at radius 3 is 2.73 bits per heavy atom. The van der Waals surface area contributed by atoms with Gasteiger partial charge in [0.05, 0.1) is 19.3 Å². The van der Waals surface area contributed by atoms with Gasteiger partial charge >= 0.3 is 5.97 Å². The van der Waals surface area contributed by atoms with E-state index in [9.17, 15) is 4.79 Å². The smallest absolute Gasteiger partial charge is 0.336 e. The number of nitrogens with zero attached hydrogens (tertiary/aromatic N) is 1.